The van der Waals surface area contributed by atoms with E-state index in [2.05, 4.69) is 20.9 Å². The summed E-state index contributed by atoms with van der Waals surface area (Å²) in [6.07, 6.45) is 6.50. The highest BCUT2D eigenvalue weighted by molar-refractivity contribution is 6.30. The molecule has 0 N–H and O–H groups in total. The zero-order valence-electron chi connectivity index (χ0n) is 22.8. The summed E-state index contributed by atoms with van der Waals surface area (Å²) in [7, 11) is 0. The van der Waals surface area contributed by atoms with E-state index in [-0.39, 0.29) is 18.8 Å². The molecule has 3 aliphatic rings. The zero-order valence-corrected chi connectivity index (χ0v) is 23.5. The van der Waals surface area contributed by atoms with Gasteiger partial charge in [-0.05, 0) is 61.6 Å². The first-order valence-electron chi connectivity index (χ1n) is 14.0. The summed E-state index contributed by atoms with van der Waals surface area (Å²) in [5.41, 5.74) is 4.10. The predicted molar refractivity (Wildman–Crippen MR) is 152 cm³/mol. The first-order valence-corrected chi connectivity index (χ1v) is 14.4. The molecule has 0 saturated carbocycles. The Bertz CT molecular complexity index is 1580. The molecule has 5 heterocycles. The number of fused-ring (bicyclic) bond motifs is 2. The number of piperidine rings is 1. The molecule has 41 heavy (non-hydrogen) atoms. The number of hydrogen-bond acceptors (Lipinski definition) is 8. The molecule has 9 nitrogen and oxygen atoms in total. The number of nitrogens with zero attached hydrogens (tertiary/aromatic N) is 4. The number of rotatable bonds is 7. The Morgan fingerprint density at radius 1 is 1.10 bits per heavy atom. The van der Waals surface area contributed by atoms with E-state index in [9.17, 15) is 4.79 Å². The fraction of sp³-hybridized carbons (Fsp3) is 0.387. The number of benzene rings is 2. The molecule has 2 aromatic heterocycles. The number of halogens is 1. The van der Waals surface area contributed by atoms with Crippen molar-refractivity contribution in [1.29, 1.82) is 0 Å². The summed E-state index contributed by atoms with van der Waals surface area (Å²) < 4.78 is 26.0. The van der Waals surface area contributed by atoms with Crippen molar-refractivity contribution in [1.82, 2.24) is 19.4 Å². The maximum absolute atomic E-state index is 12.9. The topological polar surface area (TPSA) is 87.9 Å². The Kier molecular flexibility index (Phi) is 6.81. The van der Waals surface area contributed by atoms with Crippen molar-refractivity contribution < 1.29 is 23.7 Å². The van der Waals surface area contributed by atoms with Crippen LogP contribution in [-0.4, -0.2) is 57.9 Å². The smallest absolute Gasteiger partial charge is 0.339 e. The number of carbonyl (C=O) groups excluding carboxylic acids is 1. The number of esters is 1. The molecule has 0 spiro atoms. The van der Waals surface area contributed by atoms with E-state index in [4.69, 9.17) is 30.5 Å². The van der Waals surface area contributed by atoms with Crippen molar-refractivity contribution in [3.63, 3.8) is 0 Å². The number of carbonyl (C=O) groups is 1. The summed E-state index contributed by atoms with van der Waals surface area (Å²) in [6, 6.07) is 15.2. The number of aromatic nitrogens is 3. The lowest BCUT2D eigenvalue weighted by molar-refractivity contribution is -0.0722. The van der Waals surface area contributed by atoms with Crippen molar-refractivity contribution in [2.75, 3.05) is 26.4 Å². The average molecular weight is 575 g/mol. The molecule has 0 aliphatic carbocycles. The van der Waals surface area contributed by atoms with Crippen LogP contribution in [0.1, 0.15) is 53.7 Å². The number of hydrogen-bond donors (Lipinski definition) is 0. The van der Waals surface area contributed by atoms with Gasteiger partial charge in [0, 0.05) is 38.4 Å². The van der Waals surface area contributed by atoms with E-state index >= 15 is 0 Å². The summed E-state index contributed by atoms with van der Waals surface area (Å²) in [5.74, 6) is 0.460. The Balaban J connectivity index is 0.961. The van der Waals surface area contributed by atoms with Crippen LogP contribution in [0.5, 0.6) is 11.5 Å². The first kappa shape index (κ1) is 26.3. The van der Waals surface area contributed by atoms with Gasteiger partial charge in [0.15, 0.2) is 11.5 Å². The predicted octanol–water partition coefficient (Wildman–Crippen LogP) is 5.51. The minimum Gasteiger partial charge on any atom is -0.446 e. The van der Waals surface area contributed by atoms with Crippen LogP contribution < -0.4 is 9.47 Å². The van der Waals surface area contributed by atoms with Crippen LogP contribution in [0.15, 0.2) is 61.1 Å². The van der Waals surface area contributed by atoms with Gasteiger partial charge in [0.2, 0.25) is 0 Å². The fourth-order valence-corrected chi connectivity index (χ4v) is 5.91. The van der Waals surface area contributed by atoms with Crippen LogP contribution in [0.4, 0.5) is 0 Å². The molecule has 2 saturated heterocycles. The summed E-state index contributed by atoms with van der Waals surface area (Å²) in [5, 5.41) is 0.564. The maximum atomic E-state index is 12.9. The highest BCUT2D eigenvalue weighted by atomic mass is 35.5. The van der Waals surface area contributed by atoms with Crippen LogP contribution in [-0.2, 0) is 21.8 Å². The molecule has 3 aliphatic heterocycles. The van der Waals surface area contributed by atoms with E-state index in [0.717, 1.165) is 73.6 Å². The molecule has 0 bridgehead atoms. The maximum Gasteiger partial charge on any atom is 0.339 e. The van der Waals surface area contributed by atoms with E-state index in [1.54, 1.807) is 24.7 Å². The third-order valence-corrected chi connectivity index (χ3v) is 8.48. The molecule has 7 rings (SSSR count). The zero-order chi connectivity index (χ0) is 28.0. The number of pyridine rings is 1. The van der Waals surface area contributed by atoms with Gasteiger partial charge in [0.1, 0.15) is 12.4 Å². The van der Waals surface area contributed by atoms with Crippen molar-refractivity contribution in [2.24, 2.45) is 0 Å². The highest BCUT2D eigenvalue weighted by Gasteiger charge is 2.42. The number of ether oxygens (including phenoxy) is 4. The standard InChI is InChI=1S/C31H31ClN4O5/c1-31(28-8-6-22(32)16-33-28)40-27-4-2-3-24(29(27)41-31)20-9-12-35(13-10-20)19-39-30(37)21-5-7-25-26(15-21)36(18-34-25)17-23-11-14-38-23/h2-8,15-16,18,20,23H,9-14,17,19H2,1H3/t23-,31?/m0/s1. The average Bonchev–Trinajstić information content (AvgIpc) is 3.54. The molecular formula is C31H31ClN4O5. The lowest BCUT2D eigenvalue weighted by atomic mass is 9.89. The van der Waals surface area contributed by atoms with Crippen molar-refractivity contribution in [3.8, 4) is 11.5 Å². The first-order chi connectivity index (χ1) is 19.9. The molecule has 1 unspecified atom stereocenters. The second kappa shape index (κ2) is 10.6. The normalized spacial score (nSPS) is 22.5. The van der Waals surface area contributed by atoms with Gasteiger partial charge in [-0.25, -0.2) is 9.78 Å². The van der Waals surface area contributed by atoms with Gasteiger partial charge < -0.3 is 23.5 Å². The molecule has 10 heteroatoms. The fourth-order valence-electron chi connectivity index (χ4n) is 5.80. The molecule has 2 atom stereocenters. The molecule has 212 valence electrons. The van der Waals surface area contributed by atoms with Gasteiger partial charge in [-0.3, -0.25) is 9.88 Å². The van der Waals surface area contributed by atoms with E-state index in [1.165, 1.54) is 0 Å². The largest absolute Gasteiger partial charge is 0.446 e. The number of imidazole rings is 1. The third kappa shape index (κ3) is 5.14. The molecule has 0 radical (unpaired) electrons. The van der Waals surface area contributed by atoms with Crippen LogP contribution in [0, 0.1) is 0 Å². The van der Waals surface area contributed by atoms with Crippen molar-refractivity contribution >= 4 is 28.6 Å². The Morgan fingerprint density at radius 2 is 1.95 bits per heavy atom. The second-order valence-corrected chi connectivity index (χ2v) is 11.5. The van der Waals surface area contributed by atoms with Crippen LogP contribution in [0.3, 0.4) is 0 Å². The lowest BCUT2D eigenvalue weighted by Gasteiger charge is -2.32. The molecule has 2 fully saturated rings. The van der Waals surface area contributed by atoms with E-state index in [0.29, 0.717) is 22.2 Å². The molecule has 4 aromatic rings. The third-order valence-electron chi connectivity index (χ3n) is 8.26. The summed E-state index contributed by atoms with van der Waals surface area (Å²) >= 11 is 6.02. The van der Waals surface area contributed by atoms with Crippen LogP contribution in [0.2, 0.25) is 5.02 Å². The quantitative estimate of drug-likeness (QED) is 0.267. The van der Waals surface area contributed by atoms with Crippen molar-refractivity contribution in [2.45, 2.75) is 50.5 Å². The highest BCUT2D eigenvalue weighted by Crippen LogP contribution is 2.49. The van der Waals surface area contributed by atoms with Crippen LogP contribution in [0.25, 0.3) is 11.0 Å². The molecule has 0 amide bonds. The Morgan fingerprint density at radius 3 is 2.71 bits per heavy atom. The van der Waals surface area contributed by atoms with Gasteiger partial charge in [0.05, 0.1) is 40.6 Å². The van der Waals surface area contributed by atoms with Gasteiger partial charge in [-0.1, -0.05) is 23.7 Å². The van der Waals surface area contributed by atoms with Gasteiger partial charge >= 0.3 is 5.97 Å². The second-order valence-electron chi connectivity index (χ2n) is 11.0. The molecular weight excluding hydrogens is 544 g/mol. The Labute approximate surface area is 242 Å². The Hall–Kier alpha value is -3.66. The minimum absolute atomic E-state index is 0.215. The van der Waals surface area contributed by atoms with Gasteiger partial charge in [-0.2, -0.15) is 0 Å². The minimum atomic E-state index is -1.01. The summed E-state index contributed by atoms with van der Waals surface area (Å²) in [6.45, 7) is 5.30. The SMILES string of the molecule is CC1(c2ccc(Cl)cn2)Oc2cccc(C3CCN(COC(=O)c4ccc5ncn(C[C@@H]6CCO6)c5c4)CC3)c2O1. The van der Waals surface area contributed by atoms with E-state index in [1.807, 2.05) is 41.8 Å². The number of para-hydroxylation sites is 1. The van der Waals surface area contributed by atoms with Gasteiger partial charge in [0.25, 0.3) is 5.79 Å². The lowest BCUT2D eigenvalue weighted by Crippen LogP contribution is -2.35. The van der Waals surface area contributed by atoms with Crippen molar-refractivity contribution in [3.05, 3.63) is 82.9 Å². The van der Waals surface area contributed by atoms with Crippen LogP contribution >= 0.6 is 11.6 Å². The molecule has 2 aromatic carbocycles. The van der Waals surface area contributed by atoms with Gasteiger partial charge in [-0.15, -0.1) is 0 Å². The monoisotopic (exact) mass is 574 g/mol. The summed E-state index contributed by atoms with van der Waals surface area (Å²) in [4.78, 5) is 24.0. The number of likely N-dealkylation sites (tertiary alicyclic amines) is 1. The van der Waals surface area contributed by atoms with E-state index < -0.39 is 5.79 Å².